The molecule has 0 atom stereocenters. The van der Waals surface area contributed by atoms with Gasteiger partial charge in [0.15, 0.2) is 0 Å². The lowest BCUT2D eigenvalue weighted by Gasteiger charge is -2.26. The predicted octanol–water partition coefficient (Wildman–Crippen LogP) is 2.98. The van der Waals surface area contributed by atoms with E-state index >= 15 is 0 Å². The summed E-state index contributed by atoms with van der Waals surface area (Å²) in [5.41, 5.74) is 1.48. The molecular formula is C21H31N3O3S. The van der Waals surface area contributed by atoms with Crippen LogP contribution in [0.4, 0.5) is 5.69 Å². The van der Waals surface area contributed by atoms with Gasteiger partial charge in [-0.1, -0.05) is 12.5 Å². The molecule has 3 fully saturated rings. The van der Waals surface area contributed by atoms with Gasteiger partial charge in [0, 0.05) is 31.4 Å². The molecule has 0 bridgehead atoms. The molecule has 154 valence electrons. The van der Waals surface area contributed by atoms with Crippen LogP contribution in [0.2, 0.25) is 0 Å². The zero-order chi connectivity index (χ0) is 19.7. The number of hydrogen-bond acceptors (Lipinski definition) is 4. The summed E-state index contributed by atoms with van der Waals surface area (Å²) in [5, 5.41) is 2.97. The number of carbonyl (C=O) groups is 1. The summed E-state index contributed by atoms with van der Waals surface area (Å²) in [7, 11) is -3.50. The van der Waals surface area contributed by atoms with Gasteiger partial charge in [-0.3, -0.25) is 9.69 Å². The number of hydrogen-bond donors (Lipinski definition) is 1. The van der Waals surface area contributed by atoms with Gasteiger partial charge in [0.25, 0.3) is 0 Å². The minimum atomic E-state index is -3.50. The topological polar surface area (TPSA) is 69.7 Å². The van der Waals surface area contributed by atoms with Gasteiger partial charge >= 0.3 is 0 Å². The Bertz CT molecular complexity index is 825. The SMILES string of the molecule is Cc1ccc(S(=O)(=O)N2CCCCC2)cc1NC(=O)CN(CC1CC1)C1CC1. The van der Waals surface area contributed by atoms with Crippen molar-refractivity contribution in [1.29, 1.82) is 0 Å². The van der Waals surface area contributed by atoms with E-state index < -0.39 is 10.0 Å². The second-order valence-electron chi connectivity index (χ2n) is 8.59. The second kappa shape index (κ2) is 8.13. The number of nitrogens with zero attached hydrogens (tertiary/aromatic N) is 2. The summed E-state index contributed by atoms with van der Waals surface area (Å²) in [6, 6.07) is 5.62. The molecule has 0 radical (unpaired) electrons. The normalized spacial score (nSPS) is 21.1. The molecule has 2 saturated carbocycles. The van der Waals surface area contributed by atoms with E-state index in [1.807, 2.05) is 6.92 Å². The first-order valence-corrected chi connectivity index (χ1v) is 12.0. The number of aryl methyl sites for hydroxylation is 1. The van der Waals surface area contributed by atoms with Gasteiger partial charge in [-0.25, -0.2) is 8.42 Å². The van der Waals surface area contributed by atoms with E-state index in [0.29, 0.717) is 31.4 Å². The molecular weight excluding hydrogens is 374 g/mol. The van der Waals surface area contributed by atoms with Crippen molar-refractivity contribution in [3.63, 3.8) is 0 Å². The van der Waals surface area contributed by atoms with Crippen LogP contribution >= 0.6 is 0 Å². The zero-order valence-electron chi connectivity index (χ0n) is 16.7. The van der Waals surface area contributed by atoms with Crippen LogP contribution in [-0.4, -0.2) is 55.8 Å². The molecule has 3 aliphatic rings. The van der Waals surface area contributed by atoms with Crippen LogP contribution in [0.15, 0.2) is 23.1 Å². The molecule has 1 aromatic carbocycles. The Morgan fingerprint density at radius 1 is 1.14 bits per heavy atom. The Hall–Kier alpha value is -1.44. The summed E-state index contributed by atoms with van der Waals surface area (Å²) in [4.78, 5) is 15.2. The molecule has 1 saturated heterocycles. The van der Waals surface area contributed by atoms with Crippen molar-refractivity contribution in [3.05, 3.63) is 23.8 Å². The highest BCUT2D eigenvalue weighted by Gasteiger charge is 2.34. The average molecular weight is 406 g/mol. The molecule has 1 amide bonds. The Morgan fingerprint density at radius 2 is 1.86 bits per heavy atom. The molecule has 1 heterocycles. The van der Waals surface area contributed by atoms with Gasteiger partial charge in [0.2, 0.25) is 15.9 Å². The third kappa shape index (κ3) is 4.75. The number of anilines is 1. The smallest absolute Gasteiger partial charge is 0.243 e. The first kappa shape index (κ1) is 19.9. The van der Waals surface area contributed by atoms with Crippen LogP contribution in [0.5, 0.6) is 0 Å². The predicted molar refractivity (Wildman–Crippen MR) is 110 cm³/mol. The Balaban J connectivity index is 1.45. The van der Waals surface area contributed by atoms with Crippen molar-refractivity contribution in [3.8, 4) is 0 Å². The number of piperidine rings is 1. The number of benzene rings is 1. The summed E-state index contributed by atoms with van der Waals surface area (Å²) in [6.07, 6.45) is 7.82. The van der Waals surface area contributed by atoms with Crippen molar-refractivity contribution in [2.24, 2.45) is 5.92 Å². The monoisotopic (exact) mass is 405 g/mol. The molecule has 6 nitrogen and oxygen atoms in total. The van der Waals surface area contributed by atoms with E-state index in [1.165, 1.54) is 25.7 Å². The Morgan fingerprint density at radius 3 is 2.50 bits per heavy atom. The van der Waals surface area contributed by atoms with Gasteiger partial charge in [-0.2, -0.15) is 4.31 Å². The average Bonchev–Trinajstić information content (AvgIpc) is 3.57. The second-order valence-corrected chi connectivity index (χ2v) is 10.5. The molecule has 1 aromatic rings. The highest BCUT2D eigenvalue weighted by atomic mass is 32.2. The fourth-order valence-corrected chi connectivity index (χ4v) is 5.48. The number of carbonyl (C=O) groups excluding carboxylic acids is 1. The van der Waals surface area contributed by atoms with Gasteiger partial charge in [0.1, 0.15) is 0 Å². The molecule has 2 aliphatic carbocycles. The van der Waals surface area contributed by atoms with E-state index in [-0.39, 0.29) is 10.8 Å². The Labute approximate surface area is 168 Å². The van der Waals surface area contributed by atoms with Crippen molar-refractivity contribution >= 4 is 21.6 Å². The summed E-state index contributed by atoms with van der Waals surface area (Å²) in [6.45, 7) is 4.46. The standard InChI is InChI=1S/C21H31N3O3S/c1-16-5-10-19(28(26,27)24-11-3-2-4-12-24)13-20(16)22-21(25)15-23(18-8-9-18)14-17-6-7-17/h5,10,13,17-18H,2-4,6-9,11-12,14-15H2,1H3,(H,22,25). The fraction of sp³-hybridized carbons (Fsp3) is 0.667. The molecule has 0 aromatic heterocycles. The number of rotatable bonds is 8. The molecule has 0 unspecified atom stereocenters. The van der Waals surface area contributed by atoms with Crippen molar-refractivity contribution in [2.75, 3.05) is 31.5 Å². The van der Waals surface area contributed by atoms with Crippen LogP contribution in [0.1, 0.15) is 50.5 Å². The highest BCUT2D eigenvalue weighted by molar-refractivity contribution is 7.89. The fourth-order valence-electron chi connectivity index (χ4n) is 3.94. The molecule has 1 N–H and O–H groups in total. The molecule has 1 aliphatic heterocycles. The van der Waals surface area contributed by atoms with Crippen molar-refractivity contribution in [1.82, 2.24) is 9.21 Å². The van der Waals surface area contributed by atoms with Crippen LogP contribution < -0.4 is 5.32 Å². The first-order valence-electron chi connectivity index (χ1n) is 10.6. The number of sulfonamides is 1. The molecule has 28 heavy (non-hydrogen) atoms. The van der Waals surface area contributed by atoms with Gasteiger partial charge in [-0.15, -0.1) is 0 Å². The lowest BCUT2D eigenvalue weighted by Crippen LogP contribution is -2.37. The van der Waals surface area contributed by atoms with Crippen molar-refractivity contribution in [2.45, 2.75) is 62.8 Å². The third-order valence-corrected chi connectivity index (χ3v) is 7.93. The maximum absolute atomic E-state index is 12.9. The van der Waals surface area contributed by atoms with Crippen LogP contribution in [0, 0.1) is 12.8 Å². The Kier molecular flexibility index (Phi) is 5.76. The number of nitrogens with one attached hydrogen (secondary N) is 1. The maximum Gasteiger partial charge on any atom is 0.243 e. The van der Waals surface area contributed by atoms with Crippen LogP contribution in [0.25, 0.3) is 0 Å². The summed E-state index contributed by atoms with van der Waals surface area (Å²) < 4.78 is 27.5. The third-order valence-electron chi connectivity index (χ3n) is 6.04. The lowest BCUT2D eigenvalue weighted by atomic mass is 10.2. The van der Waals surface area contributed by atoms with Gasteiger partial charge < -0.3 is 5.32 Å². The molecule has 0 spiro atoms. The largest absolute Gasteiger partial charge is 0.325 e. The van der Waals surface area contributed by atoms with Gasteiger partial charge in [0.05, 0.1) is 11.4 Å². The zero-order valence-corrected chi connectivity index (χ0v) is 17.5. The maximum atomic E-state index is 12.9. The summed E-state index contributed by atoms with van der Waals surface area (Å²) >= 11 is 0. The van der Waals surface area contributed by atoms with E-state index in [2.05, 4.69) is 10.2 Å². The first-order chi connectivity index (χ1) is 13.4. The lowest BCUT2D eigenvalue weighted by molar-refractivity contribution is -0.117. The highest BCUT2D eigenvalue weighted by Crippen LogP contribution is 2.34. The molecule has 7 heteroatoms. The minimum absolute atomic E-state index is 0.0526. The van der Waals surface area contributed by atoms with E-state index in [1.54, 1.807) is 22.5 Å². The van der Waals surface area contributed by atoms with Gasteiger partial charge in [-0.05, 0) is 69.1 Å². The van der Waals surface area contributed by atoms with E-state index in [0.717, 1.165) is 37.3 Å². The van der Waals surface area contributed by atoms with Crippen molar-refractivity contribution < 1.29 is 13.2 Å². The van der Waals surface area contributed by atoms with Crippen LogP contribution in [0.3, 0.4) is 0 Å². The summed E-state index contributed by atoms with van der Waals surface area (Å²) in [5.74, 6) is 0.705. The minimum Gasteiger partial charge on any atom is -0.325 e. The number of amides is 1. The van der Waals surface area contributed by atoms with E-state index in [4.69, 9.17) is 0 Å². The van der Waals surface area contributed by atoms with E-state index in [9.17, 15) is 13.2 Å². The quantitative estimate of drug-likeness (QED) is 0.722. The molecule has 4 rings (SSSR count). The van der Waals surface area contributed by atoms with Crippen LogP contribution in [-0.2, 0) is 14.8 Å².